The van der Waals surface area contributed by atoms with Gasteiger partial charge < -0.3 is 10.3 Å². The fourth-order valence-electron chi connectivity index (χ4n) is 3.57. The van der Waals surface area contributed by atoms with Gasteiger partial charge in [-0.25, -0.2) is 0 Å². The lowest BCUT2D eigenvalue weighted by atomic mass is 9.61. The highest BCUT2D eigenvalue weighted by atomic mass is 15.3. The molecule has 3 unspecified atom stereocenters. The first-order chi connectivity index (χ1) is 8.76. The number of aryl methyl sites for hydroxylation is 1. The van der Waals surface area contributed by atoms with E-state index in [1.54, 1.807) is 0 Å². The fraction of sp³-hybridized carbons (Fsp3) is 0.867. The maximum Gasteiger partial charge on any atom is 0.136 e. The van der Waals surface area contributed by atoms with E-state index in [4.69, 9.17) is 5.73 Å². The van der Waals surface area contributed by atoms with E-state index in [9.17, 15) is 0 Å². The first-order valence-electron chi connectivity index (χ1n) is 7.43. The Morgan fingerprint density at radius 2 is 1.89 bits per heavy atom. The van der Waals surface area contributed by atoms with Crippen LogP contribution in [-0.2, 0) is 0 Å². The number of nitrogens with zero attached hydrogens (tertiary/aromatic N) is 3. The van der Waals surface area contributed by atoms with Crippen molar-refractivity contribution in [1.29, 1.82) is 0 Å². The molecular weight excluding hydrogens is 236 g/mol. The highest BCUT2D eigenvalue weighted by Gasteiger charge is 2.44. The highest BCUT2D eigenvalue weighted by molar-refractivity contribution is 5.11. The van der Waals surface area contributed by atoms with Crippen LogP contribution in [0.1, 0.15) is 71.1 Å². The van der Waals surface area contributed by atoms with Gasteiger partial charge in [0, 0.05) is 18.0 Å². The molecule has 2 rings (SSSR count). The van der Waals surface area contributed by atoms with Gasteiger partial charge in [0.15, 0.2) is 0 Å². The maximum absolute atomic E-state index is 6.25. The normalized spacial score (nSPS) is 30.8. The third-order valence-electron chi connectivity index (χ3n) is 5.22. The Morgan fingerprint density at radius 1 is 1.26 bits per heavy atom. The Bertz CT molecular complexity index is 447. The Labute approximate surface area is 116 Å². The van der Waals surface area contributed by atoms with Crippen molar-refractivity contribution < 1.29 is 0 Å². The minimum atomic E-state index is 0.170. The van der Waals surface area contributed by atoms with Crippen LogP contribution in [0.15, 0.2) is 0 Å². The first kappa shape index (κ1) is 14.5. The zero-order valence-corrected chi connectivity index (χ0v) is 13.1. The van der Waals surface area contributed by atoms with Gasteiger partial charge in [-0.15, -0.1) is 10.2 Å². The molecule has 4 nitrogen and oxygen atoms in total. The van der Waals surface area contributed by atoms with E-state index < -0.39 is 0 Å². The summed E-state index contributed by atoms with van der Waals surface area (Å²) in [5.41, 5.74) is 6.42. The van der Waals surface area contributed by atoms with Gasteiger partial charge in [-0.1, -0.05) is 20.8 Å². The molecule has 0 aromatic carbocycles. The molecule has 0 saturated heterocycles. The predicted octanol–water partition coefficient (Wildman–Crippen LogP) is 3.03. The second-order valence-electron chi connectivity index (χ2n) is 6.97. The molecule has 0 spiro atoms. The second kappa shape index (κ2) is 4.89. The van der Waals surface area contributed by atoms with E-state index in [2.05, 4.69) is 49.4 Å². The Kier molecular flexibility index (Phi) is 3.74. The summed E-state index contributed by atoms with van der Waals surface area (Å²) < 4.78 is 2.29. The minimum Gasteiger partial charge on any atom is -0.327 e. The Hall–Kier alpha value is -0.900. The first-order valence-corrected chi connectivity index (χ1v) is 7.43. The molecule has 1 aliphatic rings. The van der Waals surface area contributed by atoms with E-state index in [-0.39, 0.29) is 5.41 Å². The van der Waals surface area contributed by atoms with E-state index >= 15 is 0 Å². The van der Waals surface area contributed by atoms with Crippen LogP contribution in [0.2, 0.25) is 0 Å². The topological polar surface area (TPSA) is 56.7 Å². The summed E-state index contributed by atoms with van der Waals surface area (Å²) in [6, 6.07) is 0.717. The van der Waals surface area contributed by atoms with Crippen molar-refractivity contribution in [2.75, 3.05) is 0 Å². The van der Waals surface area contributed by atoms with E-state index in [1.807, 2.05) is 6.92 Å². The number of rotatable bonds is 2. The third kappa shape index (κ3) is 2.31. The van der Waals surface area contributed by atoms with Crippen LogP contribution in [-0.4, -0.2) is 20.8 Å². The highest BCUT2D eigenvalue weighted by Crippen LogP contribution is 2.49. The second-order valence-corrected chi connectivity index (χ2v) is 6.97. The lowest BCUT2D eigenvalue weighted by Crippen LogP contribution is -2.46. The third-order valence-corrected chi connectivity index (χ3v) is 5.22. The Balaban J connectivity index is 2.42. The standard InChI is InChI=1S/C15H28N4/c1-9(2)19-11(4)17-18-14(19)12-7-8-13(16)10(3)15(12,5)6/h9-10,12-13H,7-8,16H2,1-6H3. The lowest BCUT2D eigenvalue weighted by Gasteiger charge is -2.46. The van der Waals surface area contributed by atoms with Crippen LogP contribution in [0.3, 0.4) is 0 Å². The van der Waals surface area contributed by atoms with Crippen LogP contribution in [0.25, 0.3) is 0 Å². The lowest BCUT2D eigenvalue weighted by molar-refractivity contribution is 0.0919. The molecule has 2 N–H and O–H groups in total. The quantitative estimate of drug-likeness (QED) is 0.893. The van der Waals surface area contributed by atoms with Gasteiger partial charge in [-0.2, -0.15) is 0 Å². The molecule has 19 heavy (non-hydrogen) atoms. The van der Waals surface area contributed by atoms with Crippen LogP contribution in [0.4, 0.5) is 0 Å². The summed E-state index contributed by atoms with van der Waals surface area (Å²) in [6.07, 6.45) is 2.20. The van der Waals surface area contributed by atoms with E-state index in [1.165, 1.54) is 0 Å². The van der Waals surface area contributed by atoms with Crippen LogP contribution in [0, 0.1) is 18.3 Å². The molecular formula is C15H28N4. The zero-order valence-electron chi connectivity index (χ0n) is 13.1. The molecule has 108 valence electrons. The minimum absolute atomic E-state index is 0.170. The SMILES string of the molecule is Cc1nnc(C2CCC(N)C(C)C2(C)C)n1C(C)C. The van der Waals surface area contributed by atoms with Crippen LogP contribution < -0.4 is 5.73 Å². The van der Waals surface area contributed by atoms with E-state index in [0.717, 1.165) is 24.5 Å². The van der Waals surface area contributed by atoms with Gasteiger partial charge in [-0.3, -0.25) is 0 Å². The summed E-state index contributed by atoms with van der Waals surface area (Å²) in [5, 5.41) is 8.79. The van der Waals surface area contributed by atoms with Gasteiger partial charge in [0.2, 0.25) is 0 Å². The molecule has 0 radical (unpaired) electrons. The molecule has 1 heterocycles. The maximum atomic E-state index is 6.25. The molecule has 0 amide bonds. The average Bonchev–Trinajstić information content (AvgIpc) is 2.68. The summed E-state index contributed by atoms with van der Waals surface area (Å²) in [4.78, 5) is 0. The summed E-state index contributed by atoms with van der Waals surface area (Å²) in [6.45, 7) is 13.4. The van der Waals surface area contributed by atoms with Crippen molar-refractivity contribution in [2.24, 2.45) is 17.1 Å². The Morgan fingerprint density at radius 3 is 2.47 bits per heavy atom. The summed E-state index contributed by atoms with van der Waals surface area (Å²) in [5.74, 6) is 3.12. The van der Waals surface area contributed by atoms with Gasteiger partial charge >= 0.3 is 0 Å². The predicted molar refractivity (Wildman–Crippen MR) is 78.0 cm³/mol. The molecule has 1 aromatic rings. The molecule has 1 fully saturated rings. The largest absolute Gasteiger partial charge is 0.327 e. The van der Waals surface area contributed by atoms with Gasteiger partial charge in [0.05, 0.1) is 0 Å². The van der Waals surface area contributed by atoms with Crippen LogP contribution >= 0.6 is 0 Å². The summed E-state index contributed by atoms with van der Waals surface area (Å²) >= 11 is 0. The van der Waals surface area contributed by atoms with Gasteiger partial charge in [0.1, 0.15) is 11.6 Å². The smallest absolute Gasteiger partial charge is 0.136 e. The van der Waals surface area contributed by atoms with Gasteiger partial charge in [0.25, 0.3) is 0 Å². The monoisotopic (exact) mass is 264 g/mol. The average molecular weight is 264 g/mol. The van der Waals surface area contributed by atoms with Crippen molar-refractivity contribution >= 4 is 0 Å². The number of hydrogen-bond acceptors (Lipinski definition) is 3. The molecule has 3 atom stereocenters. The molecule has 0 bridgehead atoms. The molecule has 4 heteroatoms. The molecule has 0 aliphatic heterocycles. The fourth-order valence-corrected chi connectivity index (χ4v) is 3.57. The number of aromatic nitrogens is 3. The van der Waals surface area contributed by atoms with Crippen molar-refractivity contribution in [3.63, 3.8) is 0 Å². The van der Waals surface area contributed by atoms with Crippen molar-refractivity contribution in [3.8, 4) is 0 Å². The molecule has 1 aromatic heterocycles. The van der Waals surface area contributed by atoms with Gasteiger partial charge in [-0.05, 0) is 44.9 Å². The van der Waals surface area contributed by atoms with Crippen LogP contribution in [0.5, 0.6) is 0 Å². The zero-order chi connectivity index (χ0) is 14.4. The van der Waals surface area contributed by atoms with Crippen molar-refractivity contribution in [3.05, 3.63) is 11.6 Å². The summed E-state index contributed by atoms with van der Waals surface area (Å²) in [7, 11) is 0. The molecule has 1 saturated carbocycles. The molecule has 1 aliphatic carbocycles. The van der Waals surface area contributed by atoms with E-state index in [0.29, 0.717) is 23.9 Å². The number of nitrogens with two attached hydrogens (primary N) is 1. The number of hydrogen-bond donors (Lipinski definition) is 1. The van der Waals surface area contributed by atoms with Crippen molar-refractivity contribution in [1.82, 2.24) is 14.8 Å². The van der Waals surface area contributed by atoms with Crippen molar-refractivity contribution in [2.45, 2.75) is 72.4 Å².